The van der Waals surface area contributed by atoms with E-state index in [2.05, 4.69) is 10.4 Å². The van der Waals surface area contributed by atoms with Crippen molar-refractivity contribution in [2.75, 3.05) is 0 Å². The molecule has 4 rings (SSSR count). The maximum atomic E-state index is 12.7. The summed E-state index contributed by atoms with van der Waals surface area (Å²) in [5.41, 5.74) is 3.15. The van der Waals surface area contributed by atoms with Gasteiger partial charge < -0.3 is 9.88 Å². The number of aromatic nitrogens is 3. The van der Waals surface area contributed by atoms with Gasteiger partial charge in [-0.05, 0) is 42.8 Å². The molecule has 136 valence electrons. The van der Waals surface area contributed by atoms with E-state index in [9.17, 15) is 9.59 Å². The summed E-state index contributed by atoms with van der Waals surface area (Å²) < 4.78 is 3.26. The summed E-state index contributed by atoms with van der Waals surface area (Å²) in [5.74, 6) is -0.229. The topological polar surface area (TPSA) is 68.4 Å². The average molecular weight is 381 g/mol. The van der Waals surface area contributed by atoms with Crippen LogP contribution in [0.4, 0.5) is 0 Å². The fraction of sp³-hybridized carbons (Fsp3) is 0.150. The summed E-state index contributed by atoms with van der Waals surface area (Å²) in [7, 11) is 0. The van der Waals surface area contributed by atoms with Crippen molar-refractivity contribution in [1.82, 2.24) is 19.5 Å². The van der Waals surface area contributed by atoms with E-state index in [-0.39, 0.29) is 11.5 Å². The van der Waals surface area contributed by atoms with Gasteiger partial charge in [0.25, 0.3) is 11.5 Å². The fourth-order valence-corrected chi connectivity index (χ4v) is 3.40. The molecule has 2 heterocycles. The van der Waals surface area contributed by atoms with Gasteiger partial charge in [-0.15, -0.1) is 0 Å². The summed E-state index contributed by atoms with van der Waals surface area (Å²) in [4.78, 5) is 25.3. The molecule has 27 heavy (non-hydrogen) atoms. The van der Waals surface area contributed by atoms with Crippen LogP contribution in [0.1, 0.15) is 22.8 Å². The van der Waals surface area contributed by atoms with Crippen LogP contribution in [0.2, 0.25) is 5.02 Å². The first-order valence-electron chi connectivity index (χ1n) is 8.62. The smallest absolute Gasteiger partial charge is 0.277 e. The van der Waals surface area contributed by atoms with Crippen molar-refractivity contribution < 1.29 is 4.79 Å². The summed E-state index contributed by atoms with van der Waals surface area (Å²) in [6, 6.07) is 14.3. The van der Waals surface area contributed by atoms with E-state index < -0.39 is 0 Å². The molecular formula is C20H17ClN4O2. The number of rotatable bonds is 4. The van der Waals surface area contributed by atoms with E-state index in [1.807, 2.05) is 31.2 Å². The van der Waals surface area contributed by atoms with Gasteiger partial charge in [0.15, 0.2) is 0 Å². The zero-order valence-electron chi connectivity index (χ0n) is 14.6. The number of halogens is 1. The first kappa shape index (κ1) is 17.3. The van der Waals surface area contributed by atoms with Gasteiger partial charge in [0.2, 0.25) is 0 Å². The molecule has 4 aromatic rings. The molecule has 0 unspecified atom stereocenters. The van der Waals surface area contributed by atoms with Crippen LogP contribution in [-0.4, -0.2) is 20.1 Å². The van der Waals surface area contributed by atoms with Gasteiger partial charge in [-0.1, -0.05) is 29.8 Å². The third-order valence-corrected chi connectivity index (χ3v) is 4.95. The lowest BCUT2D eigenvalue weighted by Crippen LogP contribution is -2.25. The number of amides is 1. The molecule has 6 nitrogen and oxygen atoms in total. The molecule has 2 aromatic carbocycles. The minimum absolute atomic E-state index is 0.129. The largest absolute Gasteiger partial charge is 0.348 e. The van der Waals surface area contributed by atoms with Gasteiger partial charge in [-0.2, -0.15) is 5.10 Å². The summed E-state index contributed by atoms with van der Waals surface area (Å²) in [6.45, 7) is 2.73. The maximum absolute atomic E-state index is 12.7. The first-order chi connectivity index (χ1) is 13.1. The minimum Gasteiger partial charge on any atom is -0.348 e. The Labute approximate surface area is 160 Å². The molecule has 1 N–H and O–H groups in total. The second kappa shape index (κ2) is 6.89. The molecule has 0 aliphatic heterocycles. The maximum Gasteiger partial charge on any atom is 0.277 e. The molecule has 0 saturated heterocycles. The predicted molar refractivity (Wildman–Crippen MR) is 105 cm³/mol. The van der Waals surface area contributed by atoms with Crippen LogP contribution in [0, 0.1) is 0 Å². The number of aryl methyl sites for hydroxylation is 1. The lowest BCUT2D eigenvalue weighted by atomic mass is 10.1. The number of hydrogen-bond donors (Lipinski definition) is 1. The molecule has 0 fully saturated rings. The summed E-state index contributed by atoms with van der Waals surface area (Å²) in [6.07, 6.45) is 1.60. The Morgan fingerprint density at radius 1 is 1.11 bits per heavy atom. The van der Waals surface area contributed by atoms with Crippen molar-refractivity contribution in [3.05, 3.63) is 81.2 Å². The average Bonchev–Trinajstić information content (AvgIpc) is 3.17. The minimum atomic E-state index is -0.229. The molecule has 0 atom stereocenters. The number of nitrogens with one attached hydrogen (secondary N) is 1. The molecule has 0 aliphatic carbocycles. The van der Waals surface area contributed by atoms with Crippen molar-refractivity contribution in [2.24, 2.45) is 0 Å². The van der Waals surface area contributed by atoms with Crippen molar-refractivity contribution in [3.63, 3.8) is 0 Å². The van der Waals surface area contributed by atoms with E-state index in [1.54, 1.807) is 39.5 Å². The van der Waals surface area contributed by atoms with Gasteiger partial charge in [0.1, 0.15) is 5.52 Å². The van der Waals surface area contributed by atoms with Crippen molar-refractivity contribution in [2.45, 2.75) is 20.0 Å². The number of fused-ring (bicyclic) bond motifs is 3. The van der Waals surface area contributed by atoms with Crippen molar-refractivity contribution in [1.29, 1.82) is 0 Å². The van der Waals surface area contributed by atoms with Gasteiger partial charge in [-0.3, -0.25) is 9.59 Å². The molecule has 7 heteroatoms. The van der Waals surface area contributed by atoms with E-state index in [0.29, 0.717) is 34.7 Å². The van der Waals surface area contributed by atoms with Crippen LogP contribution < -0.4 is 10.9 Å². The Hall–Kier alpha value is -3.12. The third kappa shape index (κ3) is 2.98. The van der Waals surface area contributed by atoms with Gasteiger partial charge in [-0.25, -0.2) is 4.52 Å². The fourth-order valence-electron chi connectivity index (χ4n) is 3.20. The normalized spacial score (nSPS) is 11.2. The Balaban J connectivity index is 1.72. The van der Waals surface area contributed by atoms with Crippen molar-refractivity contribution >= 4 is 34.1 Å². The van der Waals surface area contributed by atoms with Crippen LogP contribution in [0.5, 0.6) is 0 Å². The van der Waals surface area contributed by atoms with E-state index in [0.717, 1.165) is 11.1 Å². The van der Waals surface area contributed by atoms with E-state index in [4.69, 9.17) is 11.6 Å². The van der Waals surface area contributed by atoms with Crippen LogP contribution in [0.25, 0.3) is 16.6 Å². The highest BCUT2D eigenvalue weighted by molar-refractivity contribution is 6.31. The third-order valence-electron chi connectivity index (χ3n) is 4.58. The molecule has 0 bridgehead atoms. The van der Waals surface area contributed by atoms with Crippen LogP contribution in [0.3, 0.4) is 0 Å². The Kier molecular flexibility index (Phi) is 4.41. The Morgan fingerprint density at radius 2 is 1.93 bits per heavy atom. The van der Waals surface area contributed by atoms with Crippen LogP contribution >= 0.6 is 11.6 Å². The lowest BCUT2D eigenvalue weighted by Gasteiger charge is -2.12. The summed E-state index contributed by atoms with van der Waals surface area (Å²) in [5, 5.41) is 7.71. The SMILES string of the molecule is CCn1c(=O)c2ccnn2c2ccc(C(=O)NCc3ccccc3Cl)cc21. The molecule has 2 aromatic heterocycles. The standard InChI is InChI=1S/C20H17ClN4O2/c1-2-24-18-11-13(19(26)22-12-14-5-3-4-6-15(14)21)7-8-16(18)25-17(20(24)27)9-10-23-25/h3-11H,2,12H2,1H3,(H,22,26). The molecular weight excluding hydrogens is 364 g/mol. The zero-order chi connectivity index (χ0) is 19.0. The van der Waals surface area contributed by atoms with E-state index >= 15 is 0 Å². The molecule has 0 radical (unpaired) electrons. The van der Waals surface area contributed by atoms with Crippen LogP contribution in [0.15, 0.2) is 59.5 Å². The monoisotopic (exact) mass is 380 g/mol. The van der Waals surface area contributed by atoms with E-state index in [1.165, 1.54) is 0 Å². The number of carbonyl (C=O) groups excluding carboxylic acids is 1. The lowest BCUT2D eigenvalue weighted by molar-refractivity contribution is 0.0951. The number of carbonyl (C=O) groups is 1. The second-order valence-electron chi connectivity index (χ2n) is 6.16. The molecule has 1 amide bonds. The number of benzene rings is 2. The van der Waals surface area contributed by atoms with Gasteiger partial charge in [0, 0.05) is 23.7 Å². The first-order valence-corrected chi connectivity index (χ1v) is 9.00. The van der Waals surface area contributed by atoms with Gasteiger partial charge in [0.05, 0.1) is 17.2 Å². The quantitative estimate of drug-likeness (QED) is 0.591. The highest BCUT2D eigenvalue weighted by Gasteiger charge is 2.14. The summed E-state index contributed by atoms with van der Waals surface area (Å²) >= 11 is 6.13. The number of nitrogens with zero attached hydrogens (tertiary/aromatic N) is 3. The predicted octanol–water partition coefficient (Wildman–Crippen LogP) is 3.25. The Morgan fingerprint density at radius 3 is 2.70 bits per heavy atom. The van der Waals surface area contributed by atoms with Crippen LogP contribution in [-0.2, 0) is 13.1 Å². The second-order valence-corrected chi connectivity index (χ2v) is 6.56. The molecule has 0 spiro atoms. The zero-order valence-corrected chi connectivity index (χ0v) is 15.4. The Bertz CT molecular complexity index is 1230. The van der Waals surface area contributed by atoms with Crippen molar-refractivity contribution in [3.8, 4) is 0 Å². The number of hydrogen-bond acceptors (Lipinski definition) is 3. The molecule has 0 saturated carbocycles. The van der Waals surface area contributed by atoms with Gasteiger partial charge >= 0.3 is 0 Å². The highest BCUT2D eigenvalue weighted by Crippen LogP contribution is 2.18. The highest BCUT2D eigenvalue weighted by atomic mass is 35.5. The molecule has 0 aliphatic rings.